The Morgan fingerprint density at radius 2 is 1.86 bits per heavy atom. The Balaban J connectivity index is 1.43. The van der Waals surface area contributed by atoms with E-state index in [1.54, 1.807) is 11.0 Å². The van der Waals surface area contributed by atoms with Crippen LogP contribution in [0, 0.1) is 6.92 Å². The molecule has 35 heavy (non-hydrogen) atoms. The van der Waals surface area contributed by atoms with Crippen LogP contribution in [-0.2, 0) is 9.59 Å². The van der Waals surface area contributed by atoms with Crippen LogP contribution in [0.5, 0.6) is 11.5 Å². The SMILES string of the molecule is CCOc1cc(/C=C2\SC(=S)N(C3CCCCC3)C2=O)ccc1OCC(=O)Nc1ccc(C)cc1. The molecule has 0 radical (unpaired) electrons. The smallest absolute Gasteiger partial charge is 0.266 e. The lowest BCUT2D eigenvalue weighted by Gasteiger charge is -2.29. The van der Waals surface area contributed by atoms with Gasteiger partial charge in [0.25, 0.3) is 11.8 Å². The number of benzene rings is 2. The molecule has 1 heterocycles. The average Bonchev–Trinajstić information content (AvgIpc) is 3.13. The molecule has 0 bridgehead atoms. The first-order chi connectivity index (χ1) is 16.9. The fourth-order valence-electron chi connectivity index (χ4n) is 4.26. The van der Waals surface area contributed by atoms with Gasteiger partial charge >= 0.3 is 0 Å². The van der Waals surface area contributed by atoms with Gasteiger partial charge in [-0.25, -0.2) is 0 Å². The summed E-state index contributed by atoms with van der Waals surface area (Å²) in [5.74, 6) is 0.717. The van der Waals surface area contributed by atoms with Crippen LogP contribution >= 0.6 is 24.0 Å². The van der Waals surface area contributed by atoms with E-state index in [0.717, 1.165) is 42.5 Å². The Kier molecular flexibility index (Phi) is 8.46. The molecule has 1 saturated heterocycles. The zero-order valence-electron chi connectivity index (χ0n) is 20.0. The van der Waals surface area contributed by atoms with Crippen molar-refractivity contribution in [2.45, 2.75) is 52.0 Å². The van der Waals surface area contributed by atoms with E-state index in [1.807, 2.05) is 56.3 Å². The molecule has 2 fully saturated rings. The van der Waals surface area contributed by atoms with Gasteiger partial charge in [0.05, 0.1) is 11.5 Å². The number of rotatable bonds is 8. The standard InChI is InChI=1S/C27H30N2O4S2/c1-3-32-23-15-19(16-24-26(31)29(27(34)35-24)21-7-5-4-6-8-21)11-14-22(23)33-17-25(30)28-20-12-9-18(2)10-13-20/h9-16,21H,3-8,17H2,1-2H3,(H,28,30)/b24-16-. The third kappa shape index (κ3) is 6.44. The Labute approximate surface area is 216 Å². The molecule has 4 rings (SSSR count). The molecular formula is C27H30N2O4S2. The lowest BCUT2D eigenvalue weighted by Crippen LogP contribution is -2.39. The molecule has 2 amide bonds. The maximum absolute atomic E-state index is 13.1. The number of aryl methyl sites for hydroxylation is 1. The van der Waals surface area contributed by atoms with Crippen LogP contribution in [0.25, 0.3) is 6.08 Å². The van der Waals surface area contributed by atoms with E-state index in [4.69, 9.17) is 21.7 Å². The molecule has 6 nitrogen and oxygen atoms in total. The van der Waals surface area contributed by atoms with Gasteiger partial charge < -0.3 is 14.8 Å². The molecule has 0 unspecified atom stereocenters. The first-order valence-corrected chi connectivity index (χ1v) is 13.2. The number of nitrogens with one attached hydrogen (secondary N) is 1. The second-order valence-corrected chi connectivity index (χ2v) is 10.4. The monoisotopic (exact) mass is 510 g/mol. The number of carbonyl (C=O) groups excluding carboxylic acids is 2. The number of ether oxygens (including phenoxy) is 2. The summed E-state index contributed by atoms with van der Waals surface area (Å²) in [7, 11) is 0. The predicted molar refractivity (Wildman–Crippen MR) is 145 cm³/mol. The zero-order chi connectivity index (χ0) is 24.8. The quantitative estimate of drug-likeness (QED) is 0.350. The normalized spacial score (nSPS) is 17.7. The molecular weight excluding hydrogens is 480 g/mol. The minimum Gasteiger partial charge on any atom is -0.490 e. The van der Waals surface area contributed by atoms with Gasteiger partial charge in [0.15, 0.2) is 18.1 Å². The van der Waals surface area contributed by atoms with Crippen LogP contribution in [0.2, 0.25) is 0 Å². The van der Waals surface area contributed by atoms with Crippen molar-refractivity contribution < 1.29 is 19.1 Å². The molecule has 1 aliphatic heterocycles. The minimum absolute atomic E-state index is 0.0158. The molecule has 184 valence electrons. The largest absolute Gasteiger partial charge is 0.490 e. The molecule has 1 saturated carbocycles. The summed E-state index contributed by atoms with van der Waals surface area (Å²) in [6, 6.07) is 13.2. The lowest BCUT2D eigenvalue weighted by molar-refractivity contribution is -0.124. The van der Waals surface area contributed by atoms with E-state index < -0.39 is 0 Å². The average molecular weight is 511 g/mol. The molecule has 2 aromatic rings. The van der Waals surface area contributed by atoms with Crippen LogP contribution in [-0.4, -0.2) is 40.3 Å². The van der Waals surface area contributed by atoms with Crippen molar-refractivity contribution in [2.75, 3.05) is 18.5 Å². The highest BCUT2D eigenvalue weighted by atomic mass is 32.2. The fourth-order valence-corrected chi connectivity index (χ4v) is 5.66. The minimum atomic E-state index is -0.258. The van der Waals surface area contributed by atoms with Crippen molar-refractivity contribution in [1.29, 1.82) is 0 Å². The second kappa shape index (κ2) is 11.7. The van der Waals surface area contributed by atoms with E-state index in [9.17, 15) is 9.59 Å². The number of amides is 2. The van der Waals surface area contributed by atoms with Crippen molar-refractivity contribution in [3.8, 4) is 11.5 Å². The third-order valence-electron chi connectivity index (χ3n) is 6.02. The number of thioether (sulfide) groups is 1. The van der Waals surface area contributed by atoms with E-state index in [1.165, 1.54) is 18.2 Å². The number of hydrogen-bond acceptors (Lipinski definition) is 6. The maximum atomic E-state index is 13.1. The van der Waals surface area contributed by atoms with Gasteiger partial charge in [-0.3, -0.25) is 14.5 Å². The fraction of sp³-hybridized carbons (Fsp3) is 0.370. The van der Waals surface area contributed by atoms with Crippen LogP contribution in [0.4, 0.5) is 5.69 Å². The summed E-state index contributed by atoms with van der Waals surface area (Å²) >= 11 is 6.89. The predicted octanol–water partition coefficient (Wildman–Crippen LogP) is 5.95. The van der Waals surface area contributed by atoms with E-state index in [2.05, 4.69) is 5.32 Å². The number of thiocarbonyl (C=S) groups is 1. The van der Waals surface area contributed by atoms with Crippen LogP contribution in [0.1, 0.15) is 50.2 Å². The second-order valence-electron chi connectivity index (χ2n) is 8.69. The summed E-state index contributed by atoms with van der Waals surface area (Å²) in [6.45, 7) is 4.17. The van der Waals surface area contributed by atoms with Crippen molar-refractivity contribution in [3.05, 3.63) is 58.5 Å². The highest BCUT2D eigenvalue weighted by Crippen LogP contribution is 2.38. The van der Waals surface area contributed by atoms with Crippen LogP contribution in [0.3, 0.4) is 0 Å². The van der Waals surface area contributed by atoms with Crippen LogP contribution in [0.15, 0.2) is 47.4 Å². The summed E-state index contributed by atoms with van der Waals surface area (Å²) in [4.78, 5) is 27.8. The summed E-state index contributed by atoms with van der Waals surface area (Å²) in [5, 5.41) is 2.82. The number of anilines is 1. The lowest BCUT2D eigenvalue weighted by atomic mass is 9.94. The molecule has 8 heteroatoms. The highest BCUT2D eigenvalue weighted by Gasteiger charge is 2.37. The van der Waals surface area contributed by atoms with Crippen molar-refractivity contribution >= 4 is 51.9 Å². The summed E-state index contributed by atoms with van der Waals surface area (Å²) < 4.78 is 12.1. The van der Waals surface area contributed by atoms with Crippen molar-refractivity contribution in [3.63, 3.8) is 0 Å². The number of carbonyl (C=O) groups is 2. The maximum Gasteiger partial charge on any atom is 0.266 e. The Morgan fingerprint density at radius 3 is 2.57 bits per heavy atom. The van der Waals surface area contributed by atoms with E-state index >= 15 is 0 Å². The molecule has 0 atom stereocenters. The molecule has 1 aliphatic carbocycles. The van der Waals surface area contributed by atoms with Crippen molar-refractivity contribution in [1.82, 2.24) is 4.90 Å². The van der Waals surface area contributed by atoms with E-state index in [-0.39, 0.29) is 24.5 Å². The Hall–Kier alpha value is -2.84. The number of hydrogen-bond donors (Lipinski definition) is 1. The summed E-state index contributed by atoms with van der Waals surface area (Å²) in [5.41, 5.74) is 2.65. The molecule has 1 N–H and O–H groups in total. The molecule has 0 aromatic heterocycles. The first-order valence-electron chi connectivity index (χ1n) is 12.0. The molecule has 2 aromatic carbocycles. The first kappa shape index (κ1) is 25.3. The van der Waals surface area contributed by atoms with Gasteiger partial charge in [-0.2, -0.15) is 0 Å². The van der Waals surface area contributed by atoms with Gasteiger partial charge in [-0.05, 0) is 62.6 Å². The molecule has 0 spiro atoms. The third-order valence-corrected chi connectivity index (χ3v) is 7.35. The van der Waals surface area contributed by atoms with Crippen molar-refractivity contribution in [2.24, 2.45) is 0 Å². The van der Waals surface area contributed by atoms with E-state index in [0.29, 0.717) is 27.3 Å². The number of nitrogens with zero attached hydrogens (tertiary/aromatic N) is 1. The van der Waals surface area contributed by atoms with Gasteiger partial charge in [0, 0.05) is 11.7 Å². The van der Waals surface area contributed by atoms with Gasteiger partial charge in [0.2, 0.25) is 0 Å². The summed E-state index contributed by atoms with van der Waals surface area (Å²) in [6.07, 6.45) is 7.38. The Bertz CT molecular complexity index is 1120. The highest BCUT2D eigenvalue weighted by molar-refractivity contribution is 8.26. The van der Waals surface area contributed by atoms with Gasteiger partial charge in [-0.1, -0.05) is 67.0 Å². The Morgan fingerprint density at radius 1 is 1.11 bits per heavy atom. The molecule has 2 aliphatic rings. The van der Waals surface area contributed by atoms with Gasteiger partial charge in [0.1, 0.15) is 4.32 Å². The van der Waals surface area contributed by atoms with Crippen LogP contribution < -0.4 is 14.8 Å². The zero-order valence-corrected chi connectivity index (χ0v) is 21.7. The topological polar surface area (TPSA) is 67.9 Å². The van der Waals surface area contributed by atoms with Gasteiger partial charge in [-0.15, -0.1) is 0 Å².